The molecule has 1 aliphatic carbocycles. The molecule has 18 heavy (non-hydrogen) atoms. The molecule has 1 amide bonds. The van der Waals surface area contributed by atoms with E-state index in [2.05, 4.69) is 20.5 Å². The largest absolute Gasteiger partial charge is 0.393 e. The van der Waals surface area contributed by atoms with Gasteiger partial charge < -0.3 is 10.4 Å². The molecule has 0 atom stereocenters. The number of aliphatic hydroxyl groups excluding tert-OH is 1. The number of H-pyrrole nitrogens is 1. The second-order valence-electron chi connectivity index (χ2n) is 5.96. The molecule has 1 saturated carbocycles. The summed E-state index contributed by atoms with van der Waals surface area (Å²) >= 11 is 0. The number of nitrogens with one attached hydrogen (secondary N) is 2. The van der Waals surface area contributed by atoms with Gasteiger partial charge in [0, 0.05) is 12.0 Å². The Labute approximate surface area is 106 Å². The van der Waals surface area contributed by atoms with E-state index in [1.807, 2.05) is 20.8 Å². The molecule has 1 aromatic heterocycles. The van der Waals surface area contributed by atoms with Crippen molar-refractivity contribution in [2.75, 3.05) is 6.54 Å². The summed E-state index contributed by atoms with van der Waals surface area (Å²) in [5, 5.41) is 18.7. The van der Waals surface area contributed by atoms with Crippen molar-refractivity contribution in [1.29, 1.82) is 0 Å². The van der Waals surface area contributed by atoms with Crippen LogP contribution in [0.3, 0.4) is 0 Å². The third kappa shape index (κ3) is 2.87. The summed E-state index contributed by atoms with van der Waals surface area (Å²) in [7, 11) is 0. The van der Waals surface area contributed by atoms with Gasteiger partial charge in [-0.25, -0.2) is 4.98 Å². The van der Waals surface area contributed by atoms with Crippen molar-refractivity contribution in [3.05, 3.63) is 11.6 Å². The lowest BCUT2D eigenvalue weighted by molar-refractivity contribution is 0.0419. The molecule has 1 aromatic rings. The maximum Gasteiger partial charge on any atom is 0.290 e. The standard InChI is InChI=1S/C12H20N4O2/c1-12(2,3)11-14-9(15-16-11)10(18)13-6-7-4-8(17)5-7/h7-8,17H,4-6H2,1-3H3,(H,13,18)(H,14,15,16). The zero-order valence-electron chi connectivity index (χ0n) is 11.0. The van der Waals surface area contributed by atoms with Gasteiger partial charge in [-0.05, 0) is 18.8 Å². The van der Waals surface area contributed by atoms with Gasteiger partial charge in [0.1, 0.15) is 5.82 Å². The summed E-state index contributed by atoms with van der Waals surface area (Å²) in [6.07, 6.45) is 1.34. The Morgan fingerprint density at radius 1 is 1.50 bits per heavy atom. The summed E-state index contributed by atoms with van der Waals surface area (Å²) in [6.45, 7) is 6.59. The summed E-state index contributed by atoms with van der Waals surface area (Å²) in [5.41, 5.74) is -0.149. The third-order valence-corrected chi connectivity index (χ3v) is 3.16. The average molecular weight is 252 g/mol. The van der Waals surface area contributed by atoms with Crippen LogP contribution < -0.4 is 5.32 Å². The van der Waals surface area contributed by atoms with E-state index in [0.717, 1.165) is 12.8 Å². The zero-order valence-corrected chi connectivity index (χ0v) is 11.0. The van der Waals surface area contributed by atoms with Crippen molar-refractivity contribution in [1.82, 2.24) is 20.5 Å². The first-order chi connectivity index (χ1) is 8.36. The molecule has 0 radical (unpaired) electrons. The SMILES string of the molecule is CC(C)(C)c1nc(C(=O)NCC2CC(O)C2)n[nH]1. The van der Waals surface area contributed by atoms with Gasteiger partial charge in [0.15, 0.2) is 0 Å². The Morgan fingerprint density at radius 3 is 2.67 bits per heavy atom. The second kappa shape index (κ2) is 4.68. The lowest BCUT2D eigenvalue weighted by atomic mass is 9.82. The van der Waals surface area contributed by atoms with Gasteiger partial charge in [-0.15, -0.1) is 5.10 Å². The van der Waals surface area contributed by atoms with Crippen LogP contribution in [0.25, 0.3) is 0 Å². The Morgan fingerprint density at radius 2 is 2.17 bits per heavy atom. The topological polar surface area (TPSA) is 90.9 Å². The van der Waals surface area contributed by atoms with Gasteiger partial charge in [0.2, 0.25) is 5.82 Å². The number of nitrogens with zero attached hydrogens (tertiary/aromatic N) is 2. The predicted octanol–water partition coefficient (Wildman–Crippen LogP) is 0.603. The predicted molar refractivity (Wildman–Crippen MR) is 66.1 cm³/mol. The first kappa shape index (κ1) is 13.0. The van der Waals surface area contributed by atoms with Crippen LogP contribution >= 0.6 is 0 Å². The van der Waals surface area contributed by atoms with Gasteiger partial charge in [-0.2, -0.15) is 0 Å². The summed E-state index contributed by atoms with van der Waals surface area (Å²) in [5.74, 6) is 1.000. The van der Waals surface area contributed by atoms with Crippen LogP contribution in [0.4, 0.5) is 0 Å². The van der Waals surface area contributed by atoms with Crippen molar-refractivity contribution in [3.63, 3.8) is 0 Å². The lowest BCUT2D eigenvalue weighted by Gasteiger charge is -2.31. The van der Waals surface area contributed by atoms with E-state index < -0.39 is 0 Å². The Bertz CT molecular complexity index is 430. The van der Waals surface area contributed by atoms with Gasteiger partial charge in [0.25, 0.3) is 5.91 Å². The number of carbonyl (C=O) groups excluding carboxylic acids is 1. The first-order valence-corrected chi connectivity index (χ1v) is 6.25. The van der Waals surface area contributed by atoms with Crippen molar-refractivity contribution < 1.29 is 9.90 Å². The molecule has 1 aliphatic rings. The highest BCUT2D eigenvalue weighted by Crippen LogP contribution is 2.26. The molecule has 0 spiro atoms. The van der Waals surface area contributed by atoms with Crippen molar-refractivity contribution in [3.8, 4) is 0 Å². The van der Waals surface area contributed by atoms with Crippen LogP contribution in [0, 0.1) is 5.92 Å². The molecule has 0 aromatic carbocycles. The van der Waals surface area contributed by atoms with Crippen molar-refractivity contribution >= 4 is 5.91 Å². The molecule has 3 N–H and O–H groups in total. The fraction of sp³-hybridized carbons (Fsp3) is 0.750. The summed E-state index contributed by atoms with van der Waals surface area (Å²) < 4.78 is 0. The lowest BCUT2D eigenvalue weighted by Crippen LogP contribution is -2.38. The van der Waals surface area contributed by atoms with Gasteiger partial charge >= 0.3 is 0 Å². The van der Waals surface area contributed by atoms with E-state index >= 15 is 0 Å². The highest BCUT2D eigenvalue weighted by Gasteiger charge is 2.28. The van der Waals surface area contributed by atoms with Crippen LogP contribution in [0.15, 0.2) is 0 Å². The monoisotopic (exact) mass is 252 g/mol. The fourth-order valence-corrected chi connectivity index (χ4v) is 1.88. The molecular weight excluding hydrogens is 232 g/mol. The zero-order chi connectivity index (χ0) is 13.3. The number of hydrogen-bond donors (Lipinski definition) is 3. The molecule has 1 fully saturated rings. The van der Waals surface area contributed by atoms with E-state index in [4.69, 9.17) is 5.11 Å². The maximum atomic E-state index is 11.8. The van der Waals surface area contributed by atoms with Crippen LogP contribution in [-0.4, -0.2) is 38.8 Å². The molecule has 0 saturated heterocycles. The average Bonchev–Trinajstić information content (AvgIpc) is 2.70. The van der Waals surface area contributed by atoms with Gasteiger partial charge in [-0.1, -0.05) is 20.8 Å². The molecular formula is C12H20N4O2. The molecule has 0 aliphatic heterocycles. The molecule has 0 bridgehead atoms. The normalized spacial score (nSPS) is 23.6. The van der Waals surface area contributed by atoms with Crippen LogP contribution in [0.5, 0.6) is 0 Å². The summed E-state index contributed by atoms with van der Waals surface area (Å²) in [6, 6.07) is 0. The number of rotatable bonds is 3. The second-order valence-corrected chi connectivity index (χ2v) is 5.96. The Kier molecular flexibility index (Phi) is 3.38. The Hall–Kier alpha value is -1.43. The van der Waals surface area contributed by atoms with E-state index in [0.29, 0.717) is 18.3 Å². The van der Waals surface area contributed by atoms with E-state index in [9.17, 15) is 4.79 Å². The van der Waals surface area contributed by atoms with E-state index in [1.165, 1.54) is 0 Å². The minimum atomic E-state index is -0.261. The van der Waals surface area contributed by atoms with Crippen molar-refractivity contribution in [2.24, 2.45) is 5.92 Å². The quantitative estimate of drug-likeness (QED) is 0.734. The van der Waals surface area contributed by atoms with Gasteiger partial charge in [0.05, 0.1) is 6.10 Å². The highest BCUT2D eigenvalue weighted by molar-refractivity contribution is 5.90. The number of carbonyl (C=O) groups is 1. The third-order valence-electron chi connectivity index (χ3n) is 3.16. The van der Waals surface area contributed by atoms with Gasteiger partial charge in [-0.3, -0.25) is 9.89 Å². The fourth-order valence-electron chi connectivity index (χ4n) is 1.88. The first-order valence-electron chi connectivity index (χ1n) is 6.25. The number of aromatic nitrogens is 3. The Balaban J connectivity index is 1.87. The van der Waals surface area contributed by atoms with Crippen molar-refractivity contribution in [2.45, 2.75) is 45.1 Å². The van der Waals surface area contributed by atoms with Crippen LogP contribution in [0.2, 0.25) is 0 Å². The summed E-state index contributed by atoms with van der Waals surface area (Å²) in [4.78, 5) is 16.0. The maximum absolute atomic E-state index is 11.8. The molecule has 1 heterocycles. The van der Waals surface area contributed by atoms with E-state index in [1.54, 1.807) is 0 Å². The molecule has 2 rings (SSSR count). The molecule has 100 valence electrons. The highest BCUT2D eigenvalue weighted by atomic mass is 16.3. The molecule has 6 nitrogen and oxygen atoms in total. The smallest absolute Gasteiger partial charge is 0.290 e. The molecule has 0 unspecified atom stereocenters. The minimum absolute atomic E-state index is 0.149. The van der Waals surface area contributed by atoms with E-state index in [-0.39, 0.29) is 23.3 Å². The minimum Gasteiger partial charge on any atom is -0.393 e. The van der Waals surface area contributed by atoms with Crippen LogP contribution in [-0.2, 0) is 5.41 Å². The number of aromatic amines is 1. The number of aliphatic hydroxyl groups is 1. The molecule has 6 heteroatoms. The number of amides is 1. The van der Waals surface area contributed by atoms with Crippen LogP contribution in [0.1, 0.15) is 50.1 Å². The number of hydrogen-bond acceptors (Lipinski definition) is 4.